The number of fused-ring (bicyclic) bond motifs is 10. The summed E-state index contributed by atoms with van der Waals surface area (Å²) in [5.74, 6) is 2.65. The lowest BCUT2D eigenvalue weighted by Crippen LogP contribution is -2.32. The maximum Gasteiger partial charge on any atom is 0.138 e. The molecule has 0 amide bonds. The van der Waals surface area contributed by atoms with Gasteiger partial charge < -0.3 is 9.72 Å². The molecule has 8 rings (SSSR count). The number of hydrogen-bond acceptors (Lipinski definition) is 2. The molecule has 0 radical (unpaired) electrons. The zero-order chi connectivity index (χ0) is 23.0. The summed E-state index contributed by atoms with van der Waals surface area (Å²) < 4.78 is 6.51. The van der Waals surface area contributed by atoms with E-state index in [1.807, 2.05) is 24.3 Å². The molecule has 1 aromatic heterocycles. The van der Waals surface area contributed by atoms with Gasteiger partial charge in [-0.15, -0.1) is 0 Å². The minimum Gasteiger partial charge on any atom is -0.457 e. The molecule has 0 bridgehead atoms. The summed E-state index contributed by atoms with van der Waals surface area (Å²) in [5.41, 5.74) is 10.0. The third kappa shape index (κ3) is 2.37. The quantitative estimate of drug-likeness (QED) is 0.279. The summed E-state index contributed by atoms with van der Waals surface area (Å²) in [6.45, 7) is 0. The van der Waals surface area contributed by atoms with Gasteiger partial charge in [0.2, 0.25) is 0 Å². The van der Waals surface area contributed by atoms with Gasteiger partial charge in [0.1, 0.15) is 17.3 Å². The normalized spacial score (nSPS) is 14.2. The van der Waals surface area contributed by atoms with E-state index in [4.69, 9.17) is 9.72 Å². The Labute approximate surface area is 202 Å². The summed E-state index contributed by atoms with van der Waals surface area (Å²) in [4.78, 5) is 8.39. The first kappa shape index (κ1) is 18.8. The van der Waals surface area contributed by atoms with Crippen LogP contribution >= 0.6 is 0 Å². The van der Waals surface area contributed by atoms with Crippen LogP contribution in [-0.2, 0) is 5.41 Å². The second-order valence-corrected chi connectivity index (χ2v) is 9.25. The van der Waals surface area contributed by atoms with Crippen molar-refractivity contribution >= 4 is 11.0 Å². The number of nitrogens with one attached hydrogen (secondary N) is 1. The molecule has 3 heteroatoms. The molecule has 0 fully saturated rings. The fourth-order valence-electron chi connectivity index (χ4n) is 6.09. The maximum absolute atomic E-state index is 6.51. The van der Waals surface area contributed by atoms with E-state index in [1.165, 1.54) is 27.8 Å². The van der Waals surface area contributed by atoms with Gasteiger partial charge in [-0.05, 0) is 58.7 Å². The van der Waals surface area contributed by atoms with Gasteiger partial charge in [0.05, 0.1) is 16.4 Å². The predicted octanol–water partition coefficient (Wildman–Crippen LogP) is 7.70. The fraction of sp³-hybridized carbons (Fsp3) is 0.0312. The summed E-state index contributed by atoms with van der Waals surface area (Å²) in [5, 5.41) is 0. The molecule has 164 valence electrons. The van der Waals surface area contributed by atoms with E-state index >= 15 is 0 Å². The van der Waals surface area contributed by atoms with Crippen molar-refractivity contribution < 1.29 is 4.74 Å². The lowest BCUT2D eigenvalue weighted by atomic mass is 9.66. The molecule has 35 heavy (non-hydrogen) atoms. The Bertz CT molecular complexity index is 1720. The predicted molar refractivity (Wildman–Crippen MR) is 139 cm³/mol. The van der Waals surface area contributed by atoms with Gasteiger partial charge in [-0.3, -0.25) is 0 Å². The van der Waals surface area contributed by atoms with Gasteiger partial charge in [-0.25, -0.2) is 4.98 Å². The number of hydrogen-bond donors (Lipinski definition) is 1. The molecule has 5 aromatic carbocycles. The third-order valence-electron chi connectivity index (χ3n) is 7.51. The molecular formula is C32H20N2O. The van der Waals surface area contributed by atoms with Crippen LogP contribution in [0.2, 0.25) is 0 Å². The smallest absolute Gasteiger partial charge is 0.138 e. The Morgan fingerprint density at radius 1 is 0.571 bits per heavy atom. The highest BCUT2D eigenvalue weighted by Crippen LogP contribution is 2.62. The van der Waals surface area contributed by atoms with Crippen LogP contribution in [0.15, 0.2) is 115 Å². The Kier molecular flexibility index (Phi) is 3.59. The van der Waals surface area contributed by atoms with Crippen molar-refractivity contribution in [3.63, 3.8) is 0 Å². The minimum absolute atomic E-state index is 0.459. The van der Waals surface area contributed by atoms with Crippen LogP contribution in [0.3, 0.4) is 0 Å². The molecule has 0 saturated carbocycles. The lowest BCUT2D eigenvalue weighted by molar-refractivity contribution is 0.436. The summed E-state index contributed by atoms with van der Waals surface area (Å²) in [7, 11) is 0. The number of H-pyrrole nitrogens is 1. The monoisotopic (exact) mass is 448 g/mol. The van der Waals surface area contributed by atoms with Crippen molar-refractivity contribution in [2.45, 2.75) is 5.41 Å². The van der Waals surface area contributed by atoms with Crippen molar-refractivity contribution in [3.05, 3.63) is 138 Å². The summed E-state index contributed by atoms with van der Waals surface area (Å²) in [6.07, 6.45) is 0. The van der Waals surface area contributed by atoms with Crippen LogP contribution in [0.4, 0.5) is 0 Å². The number of benzene rings is 5. The first-order valence-corrected chi connectivity index (χ1v) is 11.9. The van der Waals surface area contributed by atoms with Crippen LogP contribution in [0, 0.1) is 0 Å². The van der Waals surface area contributed by atoms with Gasteiger partial charge in [-0.2, -0.15) is 0 Å². The molecule has 3 nitrogen and oxygen atoms in total. The highest BCUT2D eigenvalue weighted by Gasteiger charge is 2.50. The van der Waals surface area contributed by atoms with Crippen LogP contribution < -0.4 is 4.74 Å². The standard InChI is InChI=1S/C32H20N2O/c1-3-11-23-21(9-1)22-10-2-4-12-24(22)32(23)25-13-5-8-16-29(25)35-30-18-17-20(19-26(30)32)31-33-27-14-6-7-15-28(27)34-31/h1-19H,(H,33,34). The van der Waals surface area contributed by atoms with Crippen molar-refractivity contribution in [3.8, 4) is 34.0 Å². The zero-order valence-corrected chi connectivity index (χ0v) is 18.8. The Hall–Kier alpha value is -4.63. The molecule has 1 aliphatic heterocycles. The van der Waals surface area contributed by atoms with E-state index in [-0.39, 0.29) is 0 Å². The highest BCUT2D eigenvalue weighted by molar-refractivity contribution is 5.89. The van der Waals surface area contributed by atoms with E-state index in [0.717, 1.165) is 39.5 Å². The van der Waals surface area contributed by atoms with Crippen LogP contribution in [0.5, 0.6) is 11.5 Å². The topological polar surface area (TPSA) is 37.9 Å². The molecule has 6 aromatic rings. The van der Waals surface area contributed by atoms with Crippen LogP contribution in [0.25, 0.3) is 33.5 Å². The Balaban J connectivity index is 1.48. The molecule has 0 unspecified atom stereocenters. The van der Waals surface area contributed by atoms with Crippen molar-refractivity contribution in [2.75, 3.05) is 0 Å². The average Bonchev–Trinajstić information content (AvgIpc) is 3.48. The number of rotatable bonds is 1. The van der Waals surface area contributed by atoms with Gasteiger partial charge in [0, 0.05) is 16.7 Å². The second kappa shape index (κ2) is 6.71. The fourth-order valence-corrected chi connectivity index (χ4v) is 6.09. The number of para-hydroxylation sites is 3. The van der Waals surface area contributed by atoms with Gasteiger partial charge in [0.15, 0.2) is 0 Å². The number of ether oxygens (including phenoxy) is 1. The minimum atomic E-state index is -0.459. The number of imidazole rings is 1. The van der Waals surface area contributed by atoms with Crippen molar-refractivity contribution in [1.82, 2.24) is 9.97 Å². The number of aromatic amines is 1. The highest BCUT2D eigenvalue weighted by atomic mass is 16.5. The first-order chi connectivity index (χ1) is 17.3. The van der Waals surface area contributed by atoms with E-state index in [2.05, 4.69) is 96.0 Å². The average molecular weight is 449 g/mol. The maximum atomic E-state index is 6.51. The molecule has 1 N–H and O–H groups in total. The van der Waals surface area contributed by atoms with Crippen LogP contribution in [-0.4, -0.2) is 9.97 Å². The number of aromatic nitrogens is 2. The van der Waals surface area contributed by atoms with E-state index < -0.39 is 5.41 Å². The van der Waals surface area contributed by atoms with E-state index in [1.54, 1.807) is 0 Å². The van der Waals surface area contributed by atoms with Crippen molar-refractivity contribution in [2.24, 2.45) is 0 Å². The van der Waals surface area contributed by atoms with Gasteiger partial charge >= 0.3 is 0 Å². The molecule has 1 aliphatic carbocycles. The number of nitrogens with zero attached hydrogens (tertiary/aromatic N) is 1. The molecule has 0 atom stereocenters. The molecule has 1 spiro atoms. The van der Waals surface area contributed by atoms with Gasteiger partial charge in [0.25, 0.3) is 0 Å². The summed E-state index contributed by atoms with van der Waals surface area (Å²) in [6, 6.07) is 40.7. The SMILES string of the molecule is c1ccc2c(c1)Oc1ccc(-c3nc4ccccc4[nH]3)cc1C21c2ccccc2-c2ccccc21. The second-order valence-electron chi connectivity index (χ2n) is 9.25. The molecule has 2 heterocycles. The van der Waals surface area contributed by atoms with E-state index in [9.17, 15) is 0 Å². The Morgan fingerprint density at radius 3 is 1.97 bits per heavy atom. The van der Waals surface area contributed by atoms with E-state index in [0.29, 0.717) is 0 Å². The first-order valence-electron chi connectivity index (χ1n) is 11.9. The third-order valence-corrected chi connectivity index (χ3v) is 7.51. The molecular weight excluding hydrogens is 428 g/mol. The molecule has 2 aliphatic rings. The molecule has 0 saturated heterocycles. The zero-order valence-electron chi connectivity index (χ0n) is 18.8. The van der Waals surface area contributed by atoms with Crippen LogP contribution in [0.1, 0.15) is 22.3 Å². The van der Waals surface area contributed by atoms with Gasteiger partial charge in [-0.1, -0.05) is 78.9 Å². The van der Waals surface area contributed by atoms with Crippen molar-refractivity contribution in [1.29, 1.82) is 0 Å². The lowest BCUT2D eigenvalue weighted by Gasteiger charge is -2.39. The summed E-state index contributed by atoms with van der Waals surface area (Å²) >= 11 is 0. The Morgan fingerprint density at radius 2 is 1.20 bits per heavy atom. The largest absolute Gasteiger partial charge is 0.457 e.